The SMILES string of the molecule is CC(C)CN(C[C@H]1CN(C(=O)c2ccco2)CCO1)C(=O)c1cccc2ccccc12. The molecule has 4 rings (SSSR count). The summed E-state index contributed by atoms with van der Waals surface area (Å²) >= 11 is 0. The van der Waals surface area contributed by atoms with Crippen molar-refractivity contribution in [2.24, 2.45) is 5.92 Å². The first-order valence-electron chi connectivity index (χ1n) is 10.7. The summed E-state index contributed by atoms with van der Waals surface area (Å²) in [4.78, 5) is 29.8. The van der Waals surface area contributed by atoms with Crippen LogP contribution >= 0.6 is 0 Å². The van der Waals surface area contributed by atoms with Gasteiger partial charge in [-0.3, -0.25) is 9.59 Å². The van der Waals surface area contributed by atoms with Gasteiger partial charge in [0.05, 0.1) is 19.0 Å². The number of ether oxygens (including phenoxy) is 1. The normalized spacial score (nSPS) is 16.6. The van der Waals surface area contributed by atoms with Gasteiger partial charge in [-0.05, 0) is 34.9 Å². The van der Waals surface area contributed by atoms with Crippen LogP contribution in [0.25, 0.3) is 10.8 Å². The third kappa shape index (κ3) is 4.80. The Hall–Kier alpha value is -3.12. The Bertz CT molecular complexity index is 1040. The fourth-order valence-electron chi connectivity index (χ4n) is 4.08. The largest absolute Gasteiger partial charge is 0.459 e. The van der Waals surface area contributed by atoms with Crippen LogP contribution in [0.5, 0.6) is 0 Å². The number of morpholine rings is 1. The van der Waals surface area contributed by atoms with Crippen LogP contribution < -0.4 is 0 Å². The number of fused-ring (bicyclic) bond motifs is 1. The summed E-state index contributed by atoms with van der Waals surface area (Å²) in [6.45, 7) is 6.62. The lowest BCUT2D eigenvalue weighted by molar-refractivity contribution is -0.0347. The molecule has 0 N–H and O–H groups in total. The molecule has 1 fully saturated rings. The molecule has 1 aromatic heterocycles. The predicted molar refractivity (Wildman–Crippen MR) is 119 cm³/mol. The molecule has 6 heteroatoms. The van der Waals surface area contributed by atoms with Crippen molar-refractivity contribution in [2.45, 2.75) is 20.0 Å². The molecule has 0 saturated carbocycles. The van der Waals surface area contributed by atoms with Crippen LogP contribution in [0.15, 0.2) is 65.3 Å². The summed E-state index contributed by atoms with van der Waals surface area (Å²) in [5.74, 6) is 0.479. The van der Waals surface area contributed by atoms with E-state index in [0.717, 1.165) is 10.8 Å². The number of hydrogen-bond donors (Lipinski definition) is 0. The molecule has 2 amide bonds. The maximum Gasteiger partial charge on any atom is 0.289 e. The van der Waals surface area contributed by atoms with Crippen LogP contribution in [0.1, 0.15) is 34.8 Å². The van der Waals surface area contributed by atoms with E-state index in [1.807, 2.05) is 47.4 Å². The zero-order chi connectivity index (χ0) is 21.8. The third-order valence-electron chi connectivity index (χ3n) is 5.47. The first-order valence-corrected chi connectivity index (χ1v) is 10.7. The number of rotatable bonds is 6. The van der Waals surface area contributed by atoms with E-state index in [-0.39, 0.29) is 17.9 Å². The van der Waals surface area contributed by atoms with Gasteiger partial charge >= 0.3 is 0 Å². The fraction of sp³-hybridized carbons (Fsp3) is 0.360. The molecule has 162 valence electrons. The molecule has 0 bridgehead atoms. The molecule has 6 nitrogen and oxygen atoms in total. The molecule has 1 saturated heterocycles. The summed E-state index contributed by atoms with van der Waals surface area (Å²) in [5, 5.41) is 1.99. The third-order valence-corrected chi connectivity index (χ3v) is 5.47. The topological polar surface area (TPSA) is 63.0 Å². The molecule has 1 aliphatic heterocycles. The van der Waals surface area contributed by atoms with E-state index in [9.17, 15) is 9.59 Å². The van der Waals surface area contributed by atoms with Crippen molar-refractivity contribution in [3.63, 3.8) is 0 Å². The van der Waals surface area contributed by atoms with Crippen molar-refractivity contribution < 1.29 is 18.7 Å². The molecule has 0 radical (unpaired) electrons. The highest BCUT2D eigenvalue weighted by atomic mass is 16.5. The van der Waals surface area contributed by atoms with Crippen LogP contribution in [0.3, 0.4) is 0 Å². The predicted octanol–water partition coefficient (Wildman–Crippen LogP) is 4.07. The highest BCUT2D eigenvalue weighted by Gasteiger charge is 2.29. The monoisotopic (exact) mass is 420 g/mol. The number of nitrogens with zero attached hydrogens (tertiary/aromatic N) is 2. The number of benzene rings is 2. The average molecular weight is 421 g/mol. The number of amides is 2. The van der Waals surface area contributed by atoms with E-state index < -0.39 is 0 Å². The average Bonchev–Trinajstić information content (AvgIpc) is 3.32. The van der Waals surface area contributed by atoms with Crippen molar-refractivity contribution in [1.29, 1.82) is 0 Å². The van der Waals surface area contributed by atoms with Gasteiger partial charge in [-0.2, -0.15) is 0 Å². The van der Waals surface area contributed by atoms with Gasteiger partial charge in [0.1, 0.15) is 0 Å². The minimum absolute atomic E-state index is 0.0106. The van der Waals surface area contributed by atoms with Crippen molar-refractivity contribution in [1.82, 2.24) is 9.80 Å². The molecule has 2 heterocycles. The molecule has 1 atom stereocenters. The van der Waals surface area contributed by atoms with E-state index in [4.69, 9.17) is 9.15 Å². The number of carbonyl (C=O) groups is 2. The van der Waals surface area contributed by atoms with E-state index >= 15 is 0 Å². The lowest BCUT2D eigenvalue weighted by Gasteiger charge is -2.36. The first kappa shape index (κ1) is 21.1. The Morgan fingerprint density at radius 2 is 1.90 bits per heavy atom. The maximum atomic E-state index is 13.5. The fourth-order valence-corrected chi connectivity index (χ4v) is 4.08. The van der Waals surface area contributed by atoms with Crippen LogP contribution in [-0.2, 0) is 4.74 Å². The van der Waals surface area contributed by atoms with Crippen molar-refractivity contribution in [2.75, 3.05) is 32.8 Å². The van der Waals surface area contributed by atoms with Crippen LogP contribution in [0.4, 0.5) is 0 Å². The van der Waals surface area contributed by atoms with Gasteiger partial charge in [0.25, 0.3) is 11.8 Å². The molecule has 0 unspecified atom stereocenters. The van der Waals surface area contributed by atoms with Crippen LogP contribution in [0.2, 0.25) is 0 Å². The summed E-state index contributed by atoms with van der Waals surface area (Å²) in [6, 6.07) is 17.1. The number of carbonyl (C=O) groups excluding carboxylic acids is 2. The van der Waals surface area contributed by atoms with Crippen LogP contribution in [0, 0.1) is 5.92 Å². The Morgan fingerprint density at radius 1 is 1.10 bits per heavy atom. The van der Waals surface area contributed by atoms with Gasteiger partial charge in [0, 0.05) is 31.7 Å². The molecule has 0 spiro atoms. The Kier molecular flexibility index (Phi) is 6.37. The molecule has 31 heavy (non-hydrogen) atoms. The van der Waals surface area contributed by atoms with E-state index in [2.05, 4.69) is 13.8 Å². The zero-order valence-corrected chi connectivity index (χ0v) is 18.0. The highest BCUT2D eigenvalue weighted by molar-refractivity contribution is 6.07. The van der Waals surface area contributed by atoms with Gasteiger partial charge < -0.3 is 19.0 Å². The van der Waals surface area contributed by atoms with Crippen molar-refractivity contribution in [3.8, 4) is 0 Å². The standard InChI is InChI=1S/C25H28N2O4/c1-18(2)15-27(24(28)22-10-5-8-19-7-3-4-9-21(19)22)17-20-16-26(12-14-30-20)25(29)23-11-6-13-31-23/h3-11,13,18,20H,12,14-17H2,1-2H3/t20-/m1/s1. The molecular formula is C25H28N2O4. The molecule has 1 aliphatic rings. The second kappa shape index (κ2) is 9.35. The molecule has 0 aliphatic carbocycles. The minimum Gasteiger partial charge on any atom is -0.459 e. The quantitative estimate of drug-likeness (QED) is 0.603. The summed E-state index contributed by atoms with van der Waals surface area (Å²) in [7, 11) is 0. The van der Waals surface area contributed by atoms with Gasteiger partial charge in [-0.25, -0.2) is 0 Å². The second-order valence-corrected chi connectivity index (χ2v) is 8.35. The van der Waals surface area contributed by atoms with E-state index in [1.54, 1.807) is 17.0 Å². The molecule has 2 aromatic carbocycles. The Balaban J connectivity index is 1.52. The highest BCUT2D eigenvalue weighted by Crippen LogP contribution is 2.21. The van der Waals surface area contributed by atoms with Gasteiger partial charge in [-0.15, -0.1) is 0 Å². The van der Waals surface area contributed by atoms with Crippen LogP contribution in [-0.4, -0.2) is 60.5 Å². The second-order valence-electron chi connectivity index (χ2n) is 8.35. The van der Waals surface area contributed by atoms with Gasteiger partial charge in [-0.1, -0.05) is 50.2 Å². The summed E-state index contributed by atoms with van der Waals surface area (Å²) in [5.41, 5.74) is 0.693. The maximum absolute atomic E-state index is 13.5. The van der Waals surface area contributed by atoms with E-state index in [1.165, 1.54) is 6.26 Å². The van der Waals surface area contributed by atoms with Crippen molar-refractivity contribution in [3.05, 3.63) is 72.2 Å². The molecular weight excluding hydrogens is 392 g/mol. The number of furan rings is 1. The lowest BCUT2D eigenvalue weighted by Crippen LogP contribution is -2.51. The number of hydrogen-bond acceptors (Lipinski definition) is 4. The molecule has 3 aromatic rings. The van der Waals surface area contributed by atoms with Crippen molar-refractivity contribution >= 4 is 22.6 Å². The Morgan fingerprint density at radius 3 is 2.68 bits per heavy atom. The summed E-state index contributed by atoms with van der Waals surface area (Å²) in [6.07, 6.45) is 1.25. The van der Waals surface area contributed by atoms with Gasteiger partial charge in [0.15, 0.2) is 5.76 Å². The Labute approximate surface area is 182 Å². The summed E-state index contributed by atoms with van der Waals surface area (Å²) < 4.78 is 11.2. The first-order chi connectivity index (χ1) is 15.0. The zero-order valence-electron chi connectivity index (χ0n) is 18.0. The lowest BCUT2D eigenvalue weighted by atomic mass is 10.0. The van der Waals surface area contributed by atoms with Gasteiger partial charge in [0.2, 0.25) is 0 Å². The van der Waals surface area contributed by atoms with E-state index in [0.29, 0.717) is 50.0 Å². The smallest absolute Gasteiger partial charge is 0.289 e. The minimum atomic E-state index is -0.245.